The molecule has 10 aromatic rings. The zero-order valence-electron chi connectivity index (χ0n) is 28.0. The van der Waals surface area contributed by atoms with Crippen molar-refractivity contribution in [1.82, 2.24) is 14.5 Å². The largest absolute Gasteiger partial charge is 0.456 e. The van der Waals surface area contributed by atoms with Crippen molar-refractivity contribution in [2.75, 3.05) is 0 Å². The molecule has 242 valence electrons. The maximum atomic E-state index is 6.66. The van der Waals surface area contributed by atoms with Crippen LogP contribution >= 0.6 is 0 Å². The normalized spacial score (nSPS) is 12.0. The topological polar surface area (TPSA) is 39.9 Å². The summed E-state index contributed by atoms with van der Waals surface area (Å²) in [6.45, 7) is 0. The van der Waals surface area contributed by atoms with Crippen LogP contribution in [-0.4, -0.2) is 14.5 Å². The highest BCUT2D eigenvalue weighted by molar-refractivity contribution is 6.13. The SMILES string of the molecule is c1ccc(-c2cccc(-c3nc(-c4ccc5c(c4)-c4cccc6c(-n7c8ccccc8c8ccccc87)ccc(c46)O5)nc4ccccc34)c2)cc1. The van der Waals surface area contributed by atoms with E-state index < -0.39 is 0 Å². The van der Waals surface area contributed by atoms with Gasteiger partial charge < -0.3 is 9.30 Å². The fourth-order valence-corrected chi connectivity index (χ4v) is 8.03. The number of hydrogen-bond donors (Lipinski definition) is 0. The van der Waals surface area contributed by atoms with Gasteiger partial charge in [-0.3, -0.25) is 0 Å². The Morgan fingerprint density at radius 3 is 1.88 bits per heavy atom. The van der Waals surface area contributed by atoms with Crippen molar-refractivity contribution in [2.24, 2.45) is 0 Å². The average Bonchev–Trinajstić information content (AvgIpc) is 3.55. The summed E-state index contributed by atoms with van der Waals surface area (Å²) in [5.41, 5.74) is 11.8. The molecule has 3 heterocycles. The molecule has 8 aromatic carbocycles. The van der Waals surface area contributed by atoms with E-state index >= 15 is 0 Å². The third kappa shape index (κ3) is 4.34. The molecule has 0 fully saturated rings. The Morgan fingerprint density at radius 1 is 0.404 bits per heavy atom. The molecule has 0 spiro atoms. The molecule has 1 aliphatic heterocycles. The van der Waals surface area contributed by atoms with E-state index in [1.165, 1.54) is 27.4 Å². The first-order valence-corrected chi connectivity index (χ1v) is 17.6. The van der Waals surface area contributed by atoms with E-state index in [1.54, 1.807) is 0 Å². The van der Waals surface area contributed by atoms with Gasteiger partial charge in [-0.1, -0.05) is 121 Å². The van der Waals surface area contributed by atoms with Crippen LogP contribution in [0.5, 0.6) is 11.5 Å². The maximum Gasteiger partial charge on any atom is 0.160 e. The van der Waals surface area contributed by atoms with Gasteiger partial charge in [-0.2, -0.15) is 0 Å². The number of benzene rings is 8. The summed E-state index contributed by atoms with van der Waals surface area (Å²) >= 11 is 0. The number of nitrogens with zero attached hydrogens (tertiary/aromatic N) is 3. The van der Waals surface area contributed by atoms with E-state index in [1.807, 2.05) is 12.1 Å². The van der Waals surface area contributed by atoms with Gasteiger partial charge >= 0.3 is 0 Å². The minimum atomic E-state index is 0.679. The van der Waals surface area contributed by atoms with Crippen LogP contribution in [0.1, 0.15) is 0 Å². The van der Waals surface area contributed by atoms with Gasteiger partial charge in [0.25, 0.3) is 0 Å². The molecule has 11 rings (SSSR count). The number of para-hydroxylation sites is 3. The molecule has 0 amide bonds. The summed E-state index contributed by atoms with van der Waals surface area (Å²) in [5.74, 6) is 2.36. The molecule has 2 aromatic heterocycles. The summed E-state index contributed by atoms with van der Waals surface area (Å²) in [7, 11) is 0. The first-order valence-electron chi connectivity index (χ1n) is 17.6. The molecule has 0 bridgehead atoms. The van der Waals surface area contributed by atoms with Gasteiger partial charge in [-0.15, -0.1) is 0 Å². The van der Waals surface area contributed by atoms with Crippen LogP contribution < -0.4 is 4.74 Å². The van der Waals surface area contributed by atoms with E-state index in [9.17, 15) is 0 Å². The molecule has 0 unspecified atom stereocenters. The summed E-state index contributed by atoms with van der Waals surface area (Å²) in [6.07, 6.45) is 0. The summed E-state index contributed by atoms with van der Waals surface area (Å²) in [4.78, 5) is 10.4. The molecular formula is C48H29N3O. The minimum Gasteiger partial charge on any atom is -0.456 e. The third-order valence-corrected chi connectivity index (χ3v) is 10.4. The van der Waals surface area contributed by atoms with Crippen molar-refractivity contribution in [3.05, 3.63) is 176 Å². The summed E-state index contributed by atoms with van der Waals surface area (Å²) in [6, 6.07) is 61.8. The zero-order chi connectivity index (χ0) is 34.2. The summed E-state index contributed by atoms with van der Waals surface area (Å²) < 4.78 is 9.04. The highest BCUT2D eigenvalue weighted by Gasteiger charge is 2.24. The van der Waals surface area contributed by atoms with Crippen molar-refractivity contribution in [3.8, 4) is 62.1 Å². The van der Waals surface area contributed by atoms with Gasteiger partial charge in [-0.05, 0) is 71.3 Å². The summed E-state index contributed by atoms with van der Waals surface area (Å²) in [5, 5.41) is 5.75. The predicted molar refractivity (Wildman–Crippen MR) is 213 cm³/mol. The number of aromatic nitrogens is 3. The Morgan fingerprint density at radius 2 is 1.06 bits per heavy atom. The van der Waals surface area contributed by atoms with E-state index in [0.717, 1.165) is 72.4 Å². The van der Waals surface area contributed by atoms with Gasteiger partial charge in [0.1, 0.15) is 11.5 Å². The molecule has 52 heavy (non-hydrogen) atoms. The molecule has 0 N–H and O–H groups in total. The lowest BCUT2D eigenvalue weighted by Gasteiger charge is -2.23. The molecule has 0 radical (unpaired) electrons. The zero-order valence-corrected chi connectivity index (χ0v) is 28.0. The van der Waals surface area contributed by atoms with E-state index in [-0.39, 0.29) is 0 Å². The van der Waals surface area contributed by atoms with Crippen LogP contribution in [0.2, 0.25) is 0 Å². The second kappa shape index (κ2) is 11.2. The second-order valence-corrected chi connectivity index (χ2v) is 13.4. The van der Waals surface area contributed by atoms with Gasteiger partial charge in [-0.25, -0.2) is 9.97 Å². The molecule has 4 heteroatoms. The van der Waals surface area contributed by atoms with Crippen molar-refractivity contribution in [2.45, 2.75) is 0 Å². The van der Waals surface area contributed by atoms with Crippen LogP contribution in [0.15, 0.2) is 176 Å². The fraction of sp³-hybridized carbons (Fsp3) is 0. The standard InChI is InChI=1S/C48H29N3O/c1-2-12-30(13-3-1)31-14-10-15-32(28-31)47-37-18-4-7-21-40(37)49-48(50-47)33-24-26-44-39(29-33)36-19-11-20-38-43(25-27-45(52-44)46(36)38)51-41-22-8-5-16-34(41)35-17-6-9-23-42(35)51/h1-29H. The second-order valence-electron chi connectivity index (χ2n) is 13.4. The third-order valence-electron chi connectivity index (χ3n) is 10.4. The number of ether oxygens (including phenoxy) is 1. The molecule has 1 aliphatic rings. The molecule has 0 saturated carbocycles. The van der Waals surface area contributed by atoms with Crippen LogP contribution in [-0.2, 0) is 0 Å². The van der Waals surface area contributed by atoms with Crippen LogP contribution in [0.3, 0.4) is 0 Å². The van der Waals surface area contributed by atoms with Crippen molar-refractivity contribution in [3.63, 3.8) is 0 Å². The molecule has 0 atom stereocenters. The quantitative estimate of drug-likeness (QED) is 0.188. The van der Waals surface area contributed by atoms with Crippen molar-refractivity contribution in [1.29, 1.82) is 0 Å². The Kier molecular flexibility index (Phi) is 6.22. The Hall–Kier alpha value is -7.04. The number of fused-ring (bicyclic) bond motifs is 6. The average molecular weight is 664 g/mol. The first-order chi connectivity index (χ1) is 25.8. The van der Waals surface area contributed by atoms with Gasteiger partial charge in [0.15, 0.2) is 5.82 Å². The minimum absolute atomic E-state index is 0.679. The van der Waals surface area contributed by atoms with Crippen molar-refractivity contribution < 1.29 is 4.74 Å². The van der Waals surface area contributed by atoms with Gasteiger partial charge in [0, 0.05) is 43.6 Å². The maximum absolute atomic E-state index is 6.66. The van der Waals surface area contributed by atoms with Crippen LogP contribution in [0, 0.1) is 0 Å². The van der Waals surface area contributed by atoms with Gasteiger partial charge in [0.05, 0.1) is 27.9 Å². The molecule has 4 nitrogen and oxygen atoms in total. The first kappa shape index (κ1) is 28.8. The predicted octanol–water partition coefficient (Wildman–Crippen LogP) is 12.7. The van der Waals surface area contributed by atoms with Crippen molar-refractivity contribution >= 4 is 43.5 Å². The highest BCUT2D eigenvalue weighted by Crippen LogP contribution is 2.49. The number of rotatable bonds is 4. The molecular weight excluding hydrogens is 635 g/mol. The lowest BCUT2D eigenvalue weighted by Crippen LogP contribution is -2.02. The Bertz CT molecular complexity index is 3000. The van der Waals surface area contributed by atoms with E-state index in [0.29, 0.717) is 5.82 Å². The molecule has 0 aliphatic carbocycles. The Labute approximate surface area is 299 Å². The fourth-order valence-electron chi connectivity index (χ4n) is 8.03. The van der Waals surface area contributed by atoms with Crippen LogP contribution in [0.25, 0.3) is 94.1 Å². The Balaban J connectivity index is 1.08. The monoisotopic (exact) mass is 663 g/mol. The van der Waals surface area contributed by atoms with Crippen LogP contribution in [0.4, 0.5) is 0 Å². The number of hydrogen-bond acceptors (Lipinski definition) is 3. The molecule has 0 saturated heterocycles. The van der Waals surface area contributed by atoms with E-state index in [2.05, 4.69) is 168 Å². The van der Waals surface area contributed by atoms with E-state index in [4.69, 9.17) is 14.7 Å². The lowest BCUT2D eigenvalue weighted by molar-refractivity contribution is 0.487. The lowest BCUT2D eigenvalue weighted by atomic mass is 9.92. The smallest absolute Gasteiger partial charge is 0.160 e. The highest BCUT2D eigenvalue weighted by atomic mass is 16.5. The van der Waals surface area contributed by atoms with Gasteiger partial charge in [0.2, 0.25) is 0 Å².